The van der Waals surface area contributed by atoms with E-state index in [2.05, 4.69) is 15.6 Å². The van der Waals surface area contributed by atoms with Crippen molar-refractivity contribution in [3.05, 3.63) is 65.5 Å². The minimum atomic E-state index is -3.43. The third-order valence-electron chi connectivity index (χ3n) is 3.81. The molecule has 0 saturated carbocycles. The number of rotatable bonds is 7. The first kappa shape index (κ1) is 20.9. The van der Waals surface area contributed by atoms with Gasteiger partial charge < -0.3 is 10.6 Å². The fourth-order valence-electron chi connectivity index (χ4n) is 2.32. The number of aliphatic imine (C=N–C) groups is 1. The zero-order valence-electron chi connectivity index (χ0n) is 15.7. The van der Waals surface area contributed by atoms with Gasteiger partial charge in [0.15, 0.2) is 5.96 Å². The topological polar surface area (TPSA) is 73.8 Å². The van der Waals surface area contributed by atoms with Crippen molar-refractivity contribution in [2.75, 3.05) is 20.6 Å². The summed E-state index contributed by atoms with van der Waals surface area (Å²) in [7, 11) is -0.425. The Kier molecular flexibility index (Phi) is 7.32. The summed E-state index contributed by atoms with van der Waals surface area (Å²) in [5.74, 6) is 0.320. The lowest BCUT2D eigenvalue weighted by Crippen LogP contribution is -2.36. The highest BCUT2D eigenvalue weighted by Gasteiger charge is 2.16. The van der Waals surface area contributed by atoms with Crippen LogP contribution in [0.1, 0.15) is 18.1 Å². The molecule has 0 aliphatic heterocycles. The van der Waals surface area contributed by atoms with E-state index in [1.165, 1.54) is 30.5 Å². The first-order valence-corrected chi connectivity index (χ1v) is 10.0. The molecular formula is C19H25FN4O2S. The number of sulfonamides is 1. The number of nitrogens with one attached hydrogen (secondary N) is 2. The molecule has 0 aromatic heterocycles. The predicted octanol–water partition coefficient (Wildman–Crippen LogP) is 2.33. The Balaban J connectivity index is 2.02. The fourth-order valence-corrected chi connectivity index (χ4v) is 3.22. The lowest BCUT2D eigenvalue weighted by atomic mass is 10.2. The third kappa shape index (κ3) is 6.04. The van der Waals surface area contributed by atoms with E-state index in [1.54, 1.807) is 30.3 Å². The molecule has 8 heteroatoms. The molecule has 0 aliphatic rings. The summed E-state index contributed by atoms with van der Waals surface area (Å²) < 4.78 is 38.6. The summed E-state index contributed by atoms with van der Waals surface area (Å²) in [4.78, 5) is 4.70. The zero-order chi connectivity index (χ0) is 19.9. The van der Waals surface area contributed by atoms with Crippen LogP contribution in [0.5, 0.6) is 0 Å². The average molecular weight is 393 g/mol. The Bertz CT molecular complexity index is 881. The minimum absolute atomic E-state index is 0.253. The van der Waals surface area contributed by atoms with Crippen LogP contribution >= 0.6 is 0 Å². The smallest absolute Gasteiger partial charge is 0.242 e. The molecule has 0 unspecified atom stereocenters. The van der Waals surface area contributed by atoms with E-state index in [4.69, 9.17) is 0 Å². The van der Waals surface area contributed by atoms with Crippen LogP contribution in [-0.2, 0) is 23.1 Å². The van der Waals surface area contributed by atoms with Gasteiger partial charge in [-0.15, -0.1) is 0 Å². The molecular weight excluding hydrogens is 367 g/mol. The summed E-state index contributed by atoms with van der Waals surface area (Å²) in [6.45, 7) is 3.49. The van der Waals surface area contributed by atoms with Crippen LogP contribution in [0.3, 0.4) is 0 Å². The maximum absolute atomic E-state index is 13.2. The van der Waals surface area contributed by atoms with Crippen LogP contribution < -0.4 is 10.6 Å². The summed E-state index contributed by atoms with van der Waals surface area (Å²) in [6.07, 6.45) is 0. The second kappa shape index (κ2) is 9.48. The van der Waals surface area contributed by atoms with Crippen molar-refractivity contribution < 1.29 is 12.8 Å². The predicted molar refractivity (Wildman–Crippen MR) is 105 cm³/mol. The van der Waals surface area contributed by atoms with E-state index < -0.39 is 10.0 Å². The van der Waals surface area contributed by atoms with Crippen LogP contribution in [-0.4, -0.2) is 39.3 Å². The summed E-state index contributed by atoms with van der Waals surface area (Å²) in [5.41, 5.74) is 1.70. The normalized spacial score (nSPS) is 12.3. The molecule has 27 heavy (non-hydrogen) atoms. The van der Waals surface area contributed by atoms with Crippen molar-refractivity contribution in [2.24, 2.45) is 4.99 Å². The number of benzene rings is 2. The molecule has 0 aliphatic carbocycles. The van der Waals surface area contributed by atoms with Gasteiger partial charge in [0.05, 0.1) is 11.4 Å². The first-order chi connectivity index (χ1) is 12.8. The Morgan fingerprint density at radius 2 is 1.78 bits per heavy atom. The molecule has 2 aromatic carbocycles. The quantitative estimate of drug-likeness (QED) is 0.560. The van der Waals surface area contributed by atoms with Crippen molar-refractivity contribution in [2.45, 2.75) is 24.9 Å². The van der Waals surface area contributed by atoms with Crippen LogP contribution in [0.15, 0.2) is 58.4 Å². The van der Waals surface area contributed by atoms with Gasteiger partial charge >= 0.3 is 0 Å². The summed E-state index contributed by atoms with van der Waals surface area (Å²) in [5, 5.41) is 6.32. The van der Waals surface area contributed by atoms with Crippen molar-refractivity contribution in [3.8, 4) is 0 Å². The molecule has 0 bridgehead atoms. The molecule has 0 heterocycles. The molecule has 6 nitrogen and oxygen atoms in total. The number of guanidine groups is 1. The van der Waals surface area contributed by atoms with Gasteiger partial charge in [-0.05, 0) is 42.3 Å². The van der Waals surface area contributed by atoms with Crippen LogP contribution in [0, 0.1) is 5.82 Å². The summed E-state index contributed by atoms with van der Waals surface area (Å²) >= 11 is 0. The lowest BCUT2D eigenvalue weighted by Gasteiger charge is -2.13. The largest absolute Gasteiger partial charge is 0.357 e. The highest BCUT2D eigenvalue weighted by atomic mass is 32.2. The molecule has 0 atom stereocenters. The molecule has 2 N–H and O–H groups in total. The molecule has 0 fully saturated rings. The van der Waals surface area contributed by atoms with Crippen molar-refractivity contribution >= 4 is 16.0 Å². The number of halogens is 1. The Morgan fingerprint density at radius 1 is 1.07 bits per heavy atom. The van der Waals surface area contributed by atoms with Gasteiger partial charge in [-0.2, -0.15) is 0 Å². The van der Waals surface area contributed by atoms with Gasteiger partial charge in [0.25, 0.3) is 0 Å². The summed E-state index contributed by atoms with van der Waals surface area (Å²) in [6, 6.07) is 13.0. The average Bonchev–Trinajstić information content (AvgIpc) is 2.64. The number of nitrogens with zero attached hydrogens (tertiary/aromatic N) is 2. The van der Waals surface area contributed by atoms with Crippen LogP contribution in [0.4, 0.5) is 4.39 Å². The maximum Gasteiger partial charge on any atom is 0.242 e. The maximum atomic E-state index is 13.2. The van der Waals surface area contributed by atoms with Gasteiger partial charge in [0.2, 0.25) is 10.0 Å². The second-order valence-electron chi connectivity index (χ2n) is 6.11. The third-order valence-corrected chi connectivity index (χ3v) is 5.64. The van der Waals surface area contributed by atoms with Crippen molar-refractivity contribution in [3.63, 3.8) is 0 Å². The first-order valence-electron chi connectivity index (χ1n) is 8.61. The van der Waals surface area contributed by atoms with Crippen LogP contribution in [0.25, 0.3) is 0 Å². The highest BCUT2D eigenvalue weighted by molar-refractivity contribution is 7.89. The fraction of sp³-hybridized carbons (Fsp3) is 0.316. The van der Waals surface area contributed by atoms with E-state index in [1.807, 2.05) is 13.0 Å². The van der Waals surface area contributed by atoms with Gasteiger partial charge in [-0.3, -0.25) is 0 Å². The van der Waals surface area contributed by atoms with E-state index in [0.29, 0.717) is 25.6 Å². The zero-order valence-corrected chi connectivity index (χ0v) is 16.6. The van der Waals surface area contributed by atoms with E-state index >= 15 is 0 Å². The van der Waals surface area contributed by atoms with Gasteiger partial charge in [0.1, 0.15) is 5.82 Å². The van der Waals surface area contributed by atoms with E-state index in [0.717, 1.165) is 11.1 Å². The van der Waals surface area contributed by atoms with E-state index in [-0.39, 0.29) is 10.7 Å². The van der Waals surface area contributed by atoms with Gasteiger partial charge in [-0.1, -0.05) is 24.3 Å². The highest BCUT2D eigenvalue weighted by Crippen LogP contribution is 2.14. The van der Waals surface area contributed by atoms with Gasteiger partial charge in [0, 0.05) is 27.2 Å². The Labute approximate surface area is 160 Å². The lowest BCUT2D eigenvalue weighted by molar-refractivity contribution is 0.520. The number of hydrogen-bond donors (Lipinski definition) is 2. The van der Waals surface area contributed by atoms with Crippen LogP contribution in [0.2, 0.25) is 0 Å². The van der Waals surface area contributed by atoms with Gasteiger partial charge in [-0.25, -0.2) is 22.1 Å². The van der Waals surface area contributed by atoms with E-state index in [9.17, 15) is 12.8 Å². The SMILES string of the molecule is CCNC(=NCc1cccc(F)c1)NCc1ccc(S(=O)(=O)N(C)C)cc1. The Hall–Kier alpha value is -2.45. The standard InChI is InChI=1S/C19H25FN4O2S/c1-4-21-19(23-14-16-6-5-7-17(20)12-16)22-13-15-8-10-18(11-9-15)27(25,26)24(2)3/h5-12H,4,13-14H2,1-3H3,(H2,21,22,23). The molecule has 0 radical (unpaired) electrons. The minimum Gasteiger partial charge on any atom is -0.357 e. The number of hydrogen-bond acceptors (Lipinski definition) is 3. The van der Waals surface area contributed by atoms with Crippen molar-refractivity contribution in [1.29, 1.82) is 0 Å². The second-order valence-corrected chi connectivity index (χ2v) is 8.26. The molecule has 0 amide bonds. The molecule has 146 valence electrons. The monoisotopic (exact) mass is 392 g/mol. The molecule has 2 aromatic rings. The molecule has 2 rings (SSSR count). The van der Waals surface area contributed by atoms with Crippen molar-refractivity contribution in [1.82, 2.24) is 14.9 Å². The molecule has 0 saturated heterocycles. The Morgan fingerprint density at radius 3 is 2.37 bits per heavy atom. The molecule has 0 spiro atoms.